The summed E-state index contributed by atoms with van der Waals surface area (Å²) < 4.78 is 19.1. The van der Waals surface area contributed by atoms with Gasteiger partial charge in [0.25, 0.3) is 0 Å². The van der Waals surface area contributed by atoms with Gasteiger partial charge >= 0.3 is 0 Å². The maximum absolute atomic E-state index is 13.3. The molecule has 1 heterocycles. The van der Waals surface area contributed by atoms with Gasteiger partial charge in [-0.3, -0.25) is 0 Å². The highest BCUT2D eigenvalue weighted by Gasteiger charge is 2.38. The van der Waals surface area contributed by atoms with E-state index in [1.807, 2.05) is 0 Å². The molecule has 21 heavy (non-hydrogen) atoms. The number of fused-ring (bicyclic) bond motifs is 1. The monoisotopic (exact) mass is 290 g/mol. The third kappa shape index (κ3) is 2.98. The number of benzene rings is 1. The Balaban J connectivity index is 1.88. The first-order chi connectivity index (χ1) is 9.96. The van der Waals surface area contributed by atoms with Gasteiger partial charge in [-0.2, -0.15) is 0 Å². The zero-order valence-corrected chi connectivity index (χ0v) is 12.7. The van der Waals surface area contributed by atoms with Gasteiger partial charge < -0.3 is 9.52 Å². The second-order valence-electron chi connectivity index (χ2n) is 6.92. The van der Waals surface area contributed by atoms with Gasteiger partial charge in [-0.05, 0) is 61.8 Å². The van der Waals surface area contributed by atoms with Crippen LogP contribution in [0, 0.1) is 17.7 Å². The van der Waals surface area contributed by atoms with Crippen molar-refractivity contribution >= 4 is 11.0 Å². The van der Waals surface area contributed by atoms with Crippen LogP contribution in [0.25, 0.3) is 11.0 Å². The molecule has 0 spiro atoms. The fourth-order valence-electron chi connectivity index (χ4n) is 3.70. The Labute approximate surface area is 125 Å². The van der Waals surface area contributed by atoms with E-state index >= 15 is 0 Å². The minimum Gasteiger partial charge on any atom is -0.458 e. The van der Waals surface area contributed by atoms with Crippen LogP contribution in [0.4, 0.5) is 4.39 Å². The zero-order chi connectivity index (χ0) is 15.0. The SMILES string of the molecule is CC(C)CC1CCCC(O)(c2cc3cc(F)ccc3o2)C1. The first-order valence-corrected chi connectivity index (χ1v) is 7.88. The van der Waals surface area contributed by atoms with Crippen LogP contribution in [0.15, 0.2) is 28.7 Å². The normalized spacial score (nSPS) is 26.6. The highest BCUT2D eigenvalue weighted by Crippen LogP contribution is 2.43. The minimum absolute atomic E-state index is 0.275. The van der Waals surface area contributed by atoms with E-state index in [2.05, 4.69) is 13.8 Å². The Morgan fingerprint density at radius 3 is 2.95 bits per heavy atom. The molecule has 2 aromatic rings. The van der Waals surface area contributed by atoms with Crippen LogP contribution in [0.2, 0.25) is 0 Å². The summed E-state index contributed by atoms with van der Waals surface area (Å²) in [5.74, 6) is 1.50. The molecular weight excluding hydrogens is 267 g/mol. The Bertz CT molecular complexity index is 631. The molecular formula is C18H23FO2. The molecule has 0 aliphatic heterocycles. The maximum Gasteiger partial charge on any atom is 0.136 e. The molecule has 2 unspecified atom stereocenters. The van der Waals surface area contributed by atoms with Crippen molar-refractivity contribution in [3.63, 3.8) is 0 Å². The van der Waals surface area contributed by atoms with Crippen LogP contribution in [-0.4, -0.2) is 5.11 Å². The number of hydrogen-bond acceptors (Lipinski definition) is 2. The van der Waals surface area contributed by atoms with Crippen molar-refractivity contribution in [3.05, 3.63) is 35.8 Å². The molecule has 1 aliphatic rings. The van der Waals surface area contributed by atoms with E-state index in [-0.39, 0.29) is 5.82 Å². The van der Waals surface area contributed by atoms with Gasteiger partial charge in [0.05, 0.1) is 0 Å². The summed E-state index contributed by atoms with van der Waals surface area (Å²) in [4.78, 5) is 0. The molecule has 1 N–H and O–H groups in total. The fourth-order valence-corrected chi connectivity index (χ4v) is 3.70. The van der Waals surface area contributed by atoms with Crippen molar-refractivity contribution in [2.45, 2.75) is 51.6 Å². The molecule has 1 saturated carbocycles. The molecule has 0 bridgehead atoms. The molecule has 2 atom stereocenters. The lowest BCUT2D eigenvalue weighted by Gasteiger charge is -2.36. The number of halogens is 1. The van der Waals surface area contributed by atoms with E-state index in [1.54, 1.807) is 12.1 Å². The predicted molar refractivity (Wildman–Crippen MR) is 81.5 cm³/mol. The number of rotatable bonds is 3. The van der Waals surface area contributed by atoms with Crippen LogP contribution in [-0.2, 0) is 5.60 Å². The smallest absolute Gasteiger partial charge is 0.136 e. The molecule has 1 fully saturated rings. The Kier molecular flexibility index (Phi) is 3.78. The number of hydrogen-bond donors (Lipinski definition) is 1. The summed E-state index contributed by atoms with van der Waals surface area (Å²) in [5.41, 5.74) is -0.251. The molecule has 114 valence electrons. The average Bonchev–Trinajstić information content (AvgIpc) is 2.81. The summed E-state index contributed by atoms with van der Waals surface area (Å²) >= 11 is 0. The molecule has 3 rings (SSSR count). The lowest BCUT2D eigenvalue weighted by atomic mass is 9.74. The van der Waals surface area contributed by atoms with Gasteiger partial charge in [-0.25, -0.2) is 4.39 Å². The highest BCUT2D eigenvalue weighted by molar-refractivity contribution is 5.78. The van der Waals surface area contributed by atoms with Crippen molar-refractivity contribution in [2.75, 3.05) is 0 Å². The van der Waals surface area contributed by atoms with E-state index in [4.69, 9.17) is 4.42 Å². The molecule has 0 saturated heterocycles. The number of furan rings is 1. The average molecular weight is 290 g/mol. The minimum atomic E-state index is -0.896. The van der Waals surface area contributed by atoms with Gasteiger partial charge in [0.1, 0.15) is 22.8 Å². The molecule has 3 heteroatoms. The van der Waals surface area contributed by atoms with Gasteiger partial charge in [-0.1, -0.05) is 20.3 Å². The van der Waals surface area contributed by atoms with E-state index in [0.29, 0.717) is 23.2 Å². The first-order valence-electron chi connectivity index (χ1n) is 7.88. The molecule has 1 aromatic heterocycles. The van der Waals surface area contributed by atoms with Gasteiger partial charge in [-0.15, -0.1) is 0 Å². The second-order valence-corrected chi connectivity index (χ2v) is 6.92. The van der Waals surface area contributed by atoms with Crippen molar-refractivity contribution in [2.24, 2.45) is 11.8 Å². The zero-order valence-electron chi connectivity index (χ0n) is 12.7. The van der Waals surface area contributed by atoms with E-state index in [9.17, 15) is 9.50 Å². The fraction of sp³-hybridized carbons (Fsp3) is 0.556. The summed E-state index contributed by atoms with van der Waals surface area (Å²) in [6.07, 6.45) is 4.79. The topological polar surface area (TPSA) is 33.4 Å². The molecule has 1 aromatic carbocycles. The largest absolute Gasteiger partial charge is 0.458 e. The Hall–Kier alpha value is -1.35. The van der Waals surface area contributed by atoms with Crippen molar-refractivity contribution in [1.82, 2.24) is 0 Å². The molecule has 0 radical (unpaired) electrons. The van der Waals surface area contributed by atoms with Crippen LogP contribution in [0.1, 0.15) is 51.7 Å². The van der Waals surface area contributed by atoms with Crippen LogP contribution < -0.4 is 0 Å². The first kappa shape index (κ1) is 14.6. The highest BCUT2D eigenvalue weighted by atomic mass is 19.1. The maximum atomic E-state index is 13.3. The van der Waals surface area contributed by atoms with Gasteiger partial charge in [0.15, 0.2) is 0 Å². The molecule has 1 aliphatic carbocycles. The van der Waals surface area contributed by atoms with Crippen molar-refractivity contribution in [3.8, 4) is 0 Å². The quantitative estimate of drug-likeness (QED) is 0.863. The van der Waals surface area contributed by atoms with Gasteiger partial charge in [0.2, 0.25) is 0 Å². The summed E-state index contributed by atoms with van der Waals surface area (Å²) in [7, 11) is 0. The summed E-state index contributed by atoms with van der Waals surface area (Å²) in [5, 5.41) is 11.7. The third-order valence-corrected chi connectivity index (χ3v) is 4.57. The number of aliphatic hydroxyl groups is 1. The summed E-state index contributed by atoms with van der Waals surface area (Å²) in [6.45, 7) is 4.44. The van der Waals surface area contributed by atoms with Crippen LogP contribution in [0.3, 0.4) is 0 Å². The van der Waals surface area contributed by atoms with Crippen molar-refractivity contribution < 1.29 is 13.9 Å². The summed E-state index contributed by atoms with van der Waals surface area (Å²) in [6, 6.07) is 6.28. The van der Waals surface area contributed by atoms with E-state index in [1.165, 1.54) is 18.6 Å². The predicted octanol–water partition coefficient (Wildman–Crippen LogP) is 5.00. The standard InChI is InChI=1S/C18H23FO2/c1-12(2)8-13-4-3-7-18(20,11-13)17-10-14-9-15(19)5-6-16(14)21-17/h5-6,9-10,12-13,20H,3-4,7-8,11H2,1-2H3. The molecule has 2 nitrogen and oxygen atoms in total. The molecule has 0 amide bonds. The van der Waals surface area contributed by atoms with Crippen molar-refractivity contribution in [1.29, 1.82) is 0 Å². The third-order valence-electron chi connectivity index (χ3n) is 4.57. The van der Waals surface area contributed by atoms with Crippen LogP contribution in [0.5, 0.6) is 0 Å². The Morgan fingerprint density at radius 1 is 1.38 bits per heavy atom. The van der Waals surface area contributed by atoms with E-state index in [0.717, 1.165) is 31.1 Å². The second kappa shape index (κ2) is 5.45. The lowest BCUT2D eigenvalue weighted by Crippen LogP contribution is -2.32. The van der Waals surface area contributed by atoms with Gasteiger partial charge in [0, 0.05) is 5.39 Å². The van der Waals surface area contributed by atoms with Crippen LogP contribution >= 0.6 is 0 Å². The lowest BCUT2D eigenvalue weighted by molar-refractivity contribution is -0.0404. The Morgan fingerprint density at radius 2 is 2.19 bits per heavy atom. The van der Waals surface area contributed by atoms with E-state index < -0.39 is 5.60 Å².